The maximum absolute atomic E-state index is 13.5. The number of aliphatic carboxylic acids is 2. The molecule has 0 saturated heterocycles. The number of sulfone groups is 1. The molecule has 0 fully saturated rings. The Morgan fingerprint density at radius 3 is 2.24 bits per heavy atom. The van der Waals surface area contributed by atoms with Crippen LogP contribution in [0.15, 0.2) is 59.5 Å². The second-order valence-corrected chi connectivity index (χ2v) is 13.0. The van der Waals surface area contributed by atoms with E-state index in [1.54, 1.807) is 12.1 Å². The number of aryl methyl sites for hydroxylation is 1. The van der Waals surface area contributed by atoms with Crippen LogP contribution in [0, 0.1) is 0 Å². The molecule has 1 aliphatic heterocycles. The van der Waals surface area contributed by atoms with Gasteiger partial charge in [-0.15, -0.1) is 8.78 Å². The van der Waals surface area contributed by atoms with Crippen LogP contribution >= 0.6 is 0 Å². The van der Waals surface area contributed by atoms with Crippen molar-refractivity contribution >= 4 is 21.8 Å². The number of alkyl halides is 2. The molecule has 0 spiro atoms. The molecule has 10 nitrogen and oxygen atoms in total. The summed E-state index contributed by atoms with van der Waals surface area (Å²) in [5, 5.41) is 18.1. The van der Waals surface area contributed by atoms with Crippen LogP contribution in [0.2, 0.25) is 0 Å². The fraction of sp³-hybridized carbons (Fsp3) is 0.394. The minimum Gasteiger partial charge on any atom is -0.494 e. The number of halogens is 2. The summed E-state index contributed by atoms with van der Waals surface area (Å²) >= 11 is 0. The fourth-order valence-electron chi connectivity index (χ4n) is 5.03. The normalized spacial score (nSPS) is 13.4. The van der Waals surface area contributed by atoms with Gasteiger partial charge in [-0.1, -0.05) is 31.0 Å². The van der Waals surface area contributed by atoms with E-state index in [0.29, 0.717) is 54.9 Å². The fourth-order valence-corrected chi connectivity index (χ4v) is 5.70. The topological polar surface area (TPSA) is 146 Å². The van der Waals surface area contributed by atoms with E-state index in [2.05, 4.69) is 9.47 Å². The molecule has 3 aromatic rings. The highest BCUT2D eigenvalue weighted by Gasteiger charge is 2.43. The highest BCUT2D eigenvalue weighted by atomic mass is 32.2. The first-order valence-electron chi connectivity index (χ1n) is 14.9. The summed E-state index contributed by atoms with van der Waals surface area (Å²) in [6.07, 6.45) is 1.82. The number of carboxylic acids is 2. The van der Waals surface area contributed by atoms with Gasteiger partial charge in [0.05, 0.1) is 18.1 Å². The van der Waals surface area contributed by atoms with Crippen molar-refractivity contribution in [2.45, 2.75) is 69.0 Å². The molecule has 2 N–H and O–H groups in total. The van der Waals surface area contributed by atoms with Gasteiger partial charge in [-0.3, -0.25) is 9.59 Å². The number of hydrogen-bond donors (Lipinski definition) is 2. The highest BCUT2D eigenvalue weighted by molar-refractivity contribution is 7.90. The summed E-state index contributed by atoms with van der Waals surface area (Å²) in [5.41, 5.74) is 2.71. The predicted octanol–water partition coefficient (Wildman–Crippen LogP) is 6.52. The first-order valence-corrected chi connectivity index (χ1v) is 16.8. The minimum atomic E-state index is -3.77. The number of hydrogen-bond acceptors (Lipinski definition) is 8. The van der Waals surface area contributed by atoms with Crippen LogP contribution in [-0.2, 0) is 32.3 Å². The van der Waals surface area contributed by atoms with Gasteiger partial charge in [-0.05, 0) is 90.8 Å². The number of rotatable bonds is 18. The zero-order valence-electron chi connectivity index (χ0n) is 25.3. The number of benzene rings is 3. The molecule has 3 aromatic carbocycles. The summed E-state index contributed by atoms with van der Waals surface area (Å²) in [6.45, 7) is 0.545. The molecule has 0 aromatic heterocycles. The molecule has 0 bridgehead atoms. The van der Waals surface area contributed by atoms with Crippen molar-refractivity contribution in [2.24, 2.45) is 0 Å². The minimum absolute atomic E-state index is 0.0121. The number of carboxylic acid groups (broad SMARTS) is 2. The van der Waals surface area contributed by atoms with Gasteiger partial charge in [-0.25, -0.2) is 8.42 Å². The Labute approximate surface area is 265 Å². The van der Waals surface area contributed by atoms with E-state index in [1.807, 2.05) is 12.1 Å². The quantitative estimate of drug-likeness (QED) is 0.144. The number of fused-ring (bicyclic) bond motifs is 1. The standard InChI is InChI=1S/C33H36F2O10S/c1-46(40,41)26-19-24(23-12-14-29-30(20-23)45-33(34,35)44-29)18-25(21-26)42-16-5-3-2-4-8-22-9-6-10-28(27(22)13-15-32(38)39)43-17-7-11-31(36)37/h6,9-10,12,14,18-21H,2-5,7-8,11,13,15-17H2,1H3,(H,36,37)(H,38,39). The van der Waals surface area contributed by atoms with E-state index in [0.717, 1.165) is 36.6 Å². The van der Waals surface area contributed by atoms with Crippen molar-refractivity contribution in [1.82, 2.24) is 0 Å². The van der Waals surface area contributed by atoms with Crippen LogP contribution in [0.5, 0.6) is 23.0 Å². The number of carbonyl (C=O) groups is 2. The van der Waals surface area contributed by atoms with Crippen LogP contribution in [0.1, 0.15) is 56.1 Å². The van der Waals surface area contributed by atoms with Crippen molar-refractivity contribution in [2.75, 3.05) is 19.5 Å². The Hall–Kier alpha value is -4.39. The van der Waals surface area contributed by atoms with Crippen molar-refractivity contribution < 1.29 is 55.9 Å². The lowest BCUT2D eigenvalue weighted by Crippen LogP contribution is -2.25. The average molecular weight is 663 g/mol. The molecule has 1 heterocycles. The predicted molar refractivity (Wildman–Crippen MR) is 164 cm³/mol. The molecule has 0 aliphatic carbocycles. The van der Waals surface area contributed by atoms with Crippen molar-refractivity contribution in [3.8, 4) is 34.1 Å². The van der Waals surface area contributed by atoms with Gasteiger partial charge in [0.25, 0.3) is 0 Å². The Balaban J connectivity index is 1.32. The summed E-state index contributed by atoms with van der Waals surface area (Å²) in [5.74, 6) is -1.19. The lowest BCUT2D eigenvalue weighted by molar-refractivity contribution is -0.286. The van der Waals surface area contributed by atoms with E-state index in [9.17, 15) is 31.9 Å². The van der Waals surface area contributed by atoms with E-state index in [4.69, 9.17) is 14.6 Å². The van der Waals surface area contributed by atoms with Crippen molar-refractivity contribution in [3.05, 3.63) is 65.7 Å². The van der Waals surface area contributed by atoms with E-state index in [-0.39, 0.29) is 35.8 Å². The first-order chi connectivity index (χ1) is 21.8. The summed E-state index contributed by atoms with van der Waals surface area (Å²) < 4.78 is 72.3. The summed E-state index contributed by atoms with van der Waals surface area (Å²) in [4.78, 5) is 22.0. The second kappa shape index (κ2) is 15.3. The SMILES string of the molecule is CS(=O)(=O)c1cc(OCCCCCCc2cccc(OCCCC(=O)O)c2CCC(=O)O)cc(-c2ccc3c(c2)OC(F)(F)O3)c1. The molecule has 1 aliphatic rings. The van der Waals surface area contributed by atoms with Crippen LogP contribution in [-0.4, -0.2) is 56.3 Å². The number of unbranched alkanes of at least 4 members (excludes halogenated alkanes) is 3. The third kappa shape index (κ3) is 10.1. The zero-order chi connectivity index (χ0) is 33.3. The van der Waals surface area contributed by atoms with E-state index in [1.165, 1.54) is 30.3 Å². The smallest absolute Gasteiger partial charge is 0.494 e. The van der Waals surface area contributed by atoms with Gasteiger partial charge in [0, 0.05) is 19.1 Å². The molecule has 0 radical (unpaired) electrons. The third-order valence-electron chi connectivity index (χ3n) is 7.26. The maximum Gasteiger partial charge on any atom is 0.586 e. The zero-order valence-corrected chi connectivity index (χ0v) is 26.1. The van der Waals surface area contributed by atoms with Gasteiger partial charge in [0.15, 0.2) is 21.3 Å². The van der Waals surface area contributed by atoms with Gasteiger partial charge in [0.2, 0.25) is 0 Å². The molecule has 0 amide bonds. The largest absolute Gasteiger partial charge is 0.586 e. The molecule has 0 atom stereocenters. The van der Waals surface area contributed by atoms with E-state index < -0.39 is 28.1 Å². The van der Waals surface area contributed by atoms with Gasteiger partial charge < -0.3 is 29.2 Å². The monoisotopic (exact) mass is 662 g/mol. The lowest BCUT2D eigenvalue weighted by atomic mass is 9.97. The Morgan fingerprint density at radius 1 is 0.783 bits per heavy atom. The van der Waals surface area contributed by atoms with Crippen LogP contribution < -0.4 is 18.9 Å². The van der Waals surface area contributed by atoms with Crippen LogP contribution in [0.25, 0.3) is 11.1 Å². The highest BCUT2D eigenvalue weighted by Crippen LogP contribution is 2.43. The lowest BCUT2D eigenvalue weighted by Gasteiger charge is -2.15. The van der Waals surface area contributed by atoms with Crippen molar-refractivity contribution in [3.63, 3.8) is 0 Å². The molecule has 13 heteroatoms. The molecule has 46 heavy (non-hydrogen) atoms. The third-order valence-corrected chi connectivity index (χ3v) is 8.36. The molecule has 0 unspecified atom stereocenters. The van der Waals surface area contributed by atoms with Crippen molar-refractivity contribution in [1.29, 1.82) is 0 Å². The summed E-state index contributed by atoms with van der Waals surface area (Å²) in [7, 11) is -3.60. The average Bonchev–Trinajstić information content (AvgIpc) is 3.30. The molecule has 0 saturated carbocycles. The van der Waals surface area contributed by atoms with Crippen LogP contribution in [0.3, 0.4) is 0 Å². The van der Waals surface area contributed by atoms with Gasteiger partial charge >= 0.3 is 18.2 Å². The van der Waals surface area contributed by atoms with Gasteiger partial charge in [0.1, 0.15) is 11.5 Å². The van der Waals surface area contributed by atoms with Crippen LogP contribution in [0.4, 0.5) is 8.78 Å². The maximum atomic E-state index is 13.5. The molecular formula is C33H36F2O10S. The first kappa shape index (κ1) is 34.5. The Bertz CT molecular complexity index is 1660. The molecule has 248 valence electrons. The Morgan fingerprint density at radius 2 is 1.50 bits per heavy atom. The van der Waals surface area contributed by atoms with Gasteiger partial charge in [-0.2, -0.15) is 0 Å². The molecule has 4 rings (SSSR count). The number of ether oxygens (including phenoxy) is 4. The molecular weight excluding hydrogens is 626 g/mol. The van der Waals surface area contributed by atoms with E-state index >= 15 is 0 Å². The Kier molecular flexibility index (Phi) is 11.4. The second-order valence-electron chi connectivity index (χ2n) is 10.9. The summed E-state index contributed by atoms with van der Waals surface area (Å²) in [6, 6.07) is 14.3.